The summed E-state index contributed by atoms with van der Waals surface area (Å²) in [7, 11) is 0. The Morgan fingerprint density at radius 2 is 1.02 bits per heavy atom. The van der Waals surface area contributed by atoms with Crippen LogP contribution in [0.5, 0.6) is 0 Å². The van der Waals surface area contributed by atoms with Crippen LogP contribution in [0.1, 0.15) is 6.85 Å². The van der Waals surface area contributed by atoms with Crippen LogP contribution in [0.4, 0.5) is 0 Å². The van der Waals surface area contributed by atoms with Gasteiger partial charge in [-0.2, -0.15) is 0 Å². The Bertz CT molecular complexity index is 2410. The molecule has 0 saturated carbocycles. The molecule has 2 heterocycles. The summed E-state index contributed by atoms with van der Waals surface area (Å²) in [5.74, 6) is 1.73. The van der Waals surface area contributed by atoms with Crippen LogP contribution in [0.25, 0.3) is 78.4 Å². The number of para-hydroxylation sites is 1. The van der Waals surface area contributed by atoms with Crippen molar-refractivity contribution in [2.24, 2.45) is 0 Å². The summed E-state index contributed by atoms with van der Waals surface area (Å²) in [6, 6.07) is 37.4. The van der Waals surface area contributed by atoms with Gasteiger partial charge in [0.1, 0.15) is 11.2 Å². The van der Waals surface area contributed by atoms with Crippen LogP contribution in [-0.4, -0.2) is 15.0 Å². The lowest BCUT2D eigenvalue weighted by molar-refractivity contribution is 0.670. The molecule has 0 aliphatic rings. The quantitative estimate of drug-likeness (QED) is 0.212. The van der Waals surface area contributed by atoms with E-state index in [1.54, 1.807) is 12.1 Å². The van der Waals surface area contributed by atoms with Crippen LogP contribution in [0, 0.1) is 0 Å². The van der Waals surface area contributed by atoms with Crippen molar-refractivity contribution in [1.29, 1.82) is 0 Å². The van der Waals surface area contributed by atoms with Gasteiger partial charge in [0.2, 0.25) is 0 Å². The fraction of sp³-hybridized carbons (Fsp3) is 0. The Balaban J connectivity index is 1.22. The molecular formula is C39H25N3O. The Morgan fingerprint density at radius 1 is 0.442 bits per heavy atom. The minimum Gasteiger partial charge on any atom is -0.455 e. The van der Waals surface area contributed by atoms with Crippen molar-refractivity contribution in [3.05, 3.63) is 152 Å². The van der Waals surface area contributed by atoms with Gasteiger partial charge in [-0.1, -0.05) is 133 Å². The molecule has 8 rings (SSSR count). The van der Waals surface area contributed by atoms with Gasteiger partial charge in [0, 0.05) is 33.0 Å². The summed E-state index contributed by atoms with van der Waals surface area (Å²) in [5, 5.41) is 1.85. The molecule has 0 amide bonds. The average Bonchev–Trinajstić information content (AvgIpc) is 3.52. The molecule has 0 fully saturated rings. The summed E-state index contributed by atoms with van der Waals surface area (Å²) in [6.07, 6.45) is 0. The van der Waals surface area contributed by atoms with E-state index >= 15 is 0 Å². The van der Waals surface area contributed by atoms with Crippen molar-refractivity contribution in [1.82, 2.24) is 15.0 Å². The fourth-order valence-corrected chi connectivity index (χ4v) is 5.31. The number of benzene rings is 6. The van der Waals surface area contributed by atoms with Gasteiger partial charge >= 0.3 is 0 Å². The maximum Gasteiger partial charge on any atom is 0.164 e. The average molecular weight is 557 g/mol. The molecule has 4 heteroatoms. The van der Waals surface area contributed by atoms with Crippen molar-refractivity contribution in [2.75, 3.05) is 0 Å². The lowest BCUT2D eigenvalue weighted by Crippen LogP contribution is -2.00. The minimum atomic E-state index is -0.408. The fourth-order valence-electron chi connectivity index (χ4n) is 5.31. The van der Waals surface area contributed by atoms with E-state index in [2.05, 4.69) is 0 Å². The predicted octanol–water partition coefficient (Wildman–Crippen LogP) is 10.1. The molecule has 43 heavy (non-hydrogen) atoms. The molecular weight excluding hydrogens is 526 g/mol. The maximum atomic E-state index is 8.35. The number of nitrogens with zero attached hydrogens (tertiary/aromatic N) is 3. The molecule has 0 N–H and O–H groups in total. The van der Waals surface area contributed by atoms with Gasteiger partial charge in [0.15, 0.2) is 17.5 Å². The van der Waals surface area contributed by atoms with Gasteiger partial charge in [-0.25, -0.2) is 15.0 Å². The van der Waals surface area contributed by atoms with Crippen LogP contribution in [-0.2, 0) is 0 Å². The van der Waals surface area contributed by atoms with Crippen LogP contribution in [0.15, 0.2) is 156 Å². The molecule has 0 atom stereocenters. The normalized spacial score (nSPS) is 12.9. The minimum absolute atomic E-state index is 0.172. The first kappa shape index (κ1) is 20.1. The number of aromatic nitrogens is 3. The third kappa shape index (κ3) is 4.65. The van der Waals surface area contributed by atoms with Gasteiger partial charge in [-0.05, 0) is 34.9 Å². The first-order valence-corrected chi connectivity index (χ1v) is 13.9. The largest absolute Gasteiger partial charge is 0.455 e. The summed E-state index contributed by atoms with van der Waals surface area (Å²) in [4.78, 5) is 14.6. The summed E-state index contributed by atoms with van der Waals surface area (Å²) < 4.78 is 47.1. The SMILES string of the molecule is [2H]c1c([2H])c([2H])c(-c2ccc(-c3cccc4c3oc3ccc(-c5nc(-c6ccccc6)nc(-c6ccccc6)n5)cc34)cc2)c([2H])c1[2H]. The molecule has 0 aliphatic heterocycles. The molecule has 4 nitrogen and oxygen atoms in total. The number of rotatable bonds is 5. The van der Waals surface area contributed by atoms with Crippen LogP contribution >= 0.6 is 0 Å². The predicted molar refractivity (Wildman–Crippen MR) is 174 cm³/mol. The molecule has 6 aromatic carbocycles. The summed E-state index contributed by atoms with van der Waals surface area (Å²) in [6.45, 7) is 0. The highest BCUT2D eigenvalue weighted by Crippen LogP contribution is 2.38. The third-order valence-electron chi connectivity index (χ3n) is 7.44. The van der Waals surface area contributed by atoms with E-state index in [4.69, 9.17) is 26.2 Å². The molecule has 0 spiro atoms. The van der Waals surface area contributed by atoms with E-state index in [0.29, 0.717) is 28.6 Å². The van der Waals surface area contributed by atoms with Gasteiger partial charge in [-0.15, -0.1) is 0 Å². The molecule has 202 valence electrons. The molecule has 0 bridgehead atoms. The van der Waals surface area contributed by atoms with E-state index in [1.807, 2.05) is 109 Å². The van der Waals surface area contributed by atoms with E-state index in [-0.39, 0.29) is 29.7 Å². The molecule has 0 saturated heterocycles. The smallest absolute Gasteiger partial charge is 0.164 e. The number of furan rings is 1. The molecule has 2 aromatic heterocycles. The van der Waals surface area contributed by atoms with E-state index in [9.17, 15) is 0 Å². The van der Waals surface area contributed by atoms with E-state index in [0.717, 1.165) is 44.2 Å². The molecule has 8 aromatic rings. The molecule has 0 radical (unpaired) electrons. The highest BCUT2D eigenvalue weighted by molar-refractivity contribution is 6.10. The second-order valence-electron chi connectivity index (χ2n) is 10.1. The zero-order valence-corrected chi connectivity index (χ0v) is 22.8. The standard InChI is InChI=1S/C39H25N3O/c1-4-11-26(12-5-1)27-19-21-28(22-20-27)32-17-10-18-33-34-25-31(23-24-35(34)43-36(32)33)39-41-37(29-13-6-2-7-14-29)40-38(42-39)30-15-8-3-9-16-30/h1-25H/i1D,4D,5D,11D,12D. The first-order valence-electron chi connectivity index (χ1n) is 16.4. The van der Waals surface area contributed by atoms with Gasteiger partial charge in [-0.3, -0.25) is 0 Å². The number of fused-ring (bicyclic) bond motifs is 3. The van der Waals surface area contributed by atoms with Crippen molar-refractivity contribution in [2.45, 2.75) is 0 Å². The lowest BCUT2D eigenvalue weighted by Gasteiger charge is -2.08. The van der Waals surface area contributed by atoms with E-state index < -0.39 is 6.04 Å². The highest BCUT2D eigenvalue weighted by Gasteiger charge is 2.16. The number of hydrogen-bond donors (Lipinski definition) is 0. The summed E-state index contributed by atoms with van der Waals surface area (Å²) >= 11 is 0. The highest BCUT2D eigenvalue weighted by atomic mass is 16.3. The topological polar surface area (TPSA) is 51.8 Å². The lowest BCUT2D eigenvalue weighted by atomic mass is 9.98. The van der Waals surface area contributed by atoms with Crippen molar-refractivity contribution >= 4 is 21.9 Å². The Labute approximate surface area is 256 Å². The van der Waals surface area contributed by atoms with E-state index in [1.165, 1.54) is 0 Å². The maximum absolute atomic E-state index is 8.35. The second kappa shape index (κ2) is 10.5. The van der Waals surface area contributed by atoms with Crippen LogP contribution < -0.4 is 0 Å². The van der Waals surface area contributed by atoms with Crippen LogP contribution in [0.2, 0.25) is 0 Å². The second-order valence-corrected chi connectivity index (χ2v) is 10.1. The molecule has 0 unspecified atom stereocenters. The van der Waals surface area contributed by atoms with Crippen molar-refractivity contribution in [3.63, 3.8) is 0 Å². The van der Waals surface area contributed by atoms with Crippen molar-refractivity contribution in [3.8, 4) is 56.4 Å². The third-order valence-corrected chi connectivity index (χ3v) is 7.44. The van der Waals surface area contributed by atoms with Crippen molar-refractivity contribution < 1.29 is 11.3 Å². The van der Waals surface area contributed by atoms with Crippen LogP contribution in [0.3, 0.4) is 0 Å². The number of hydrogen-bond acceptors (Lipinski definition) is 4. The molecule has 0 aliphatic carbocycles. The van der Waals surface area contributed by atoms with Gasteiger partial charge < -0.3 is 4.42 Å². The zero-order valence-electron chi connectivity index (χ0n) is 27.8. The zero-order chi connectivity index (χ0) is 32.9. The Hall–Kier alpha value is -5.87. The summed E-state index contributed by atoms with van der Waals surface area (Å²) in [5.41, 5.74) is 6.51. The Morgan fingerprint density at radius 3 is 1.67 bits per heavy atom. The van der Waals surface area contributed by atoms with Gasteiger partial charge in [0.25, 0.3) is 0 Å². The Kier molecular flexibility index (Phi) is 4.91. The van der Waals surface area contributed by atoms with Gasteiger partial charge in [0.05, 0.1) is 6.85 Å². The monoisotopic (exact) mass is 556 g/mol. The first-order chi connectivity index (χ1) is 23.4.